The molecule has 0 unspecified atom stereocenters. The Hall–Kier alpha value is -0.660. The summed E-state index contributed by atoms with van der Waals surface area (Å²) in [6.07, 6.45) is -2.43. The van der Waals surface area contributed by atoms with Crippen molar-refractivity contribution in [3.05, 3.63) is 16.8 Å². The molecule has 1 aromatic heterocycles. The fourth-order valence-corrected chi connectivity index (χ4v) is 1.93. The molecule has 0 aliphatic rings. The Balaban J connectivity index is 3.48. The zero-order valence-electron chi connectivity index (χ0n) is 6.79. The molecular formula is C6H3Cl2F2NO3S. The highest BCUT2D eigenvalue weighted by molar-refractivity contribution is 8.13. The molecule has 0 fully saturated rings. The first-order chi connectivity index (χ1) is 6.75. The van der Waals surface area contributed by atoms with Crippen LogP contribution in [-0.2, 0) is 9.05 Å². The van der Waals surface area contributed by atoms with Crippen molar-refractivity contribution in [1.82, 2.24) is 4.98 Å². The summed E-state index contributed by atoms with van der Waals surface area (Å²) < 4.78 is 46.0. The van der Waals surface area contributed by atoms with E-state index >= 15 is 0 Å². The predicted molar refractivity (Wildman–Crippen MR) is 48.9 cm³/mol. The van der Waals surface area contributed by atoms with Gasteiger partial charge in [0.05, 0.1) is 10.6 Å². The van der Waals surface area contributed by atoms with E-state index in [0.717, 1.165) is 0 Å². The van der Waals surface area contributed by atoms with E-state index in [2.05, 4.69) is 4.98 Å². The highest BCUT2D eigenvalue weighted by Crippen LogP contribution is 2.37. The average molecular weight is 278 g/mol. The van der Waals surface area contributed by atoms with E-state index in [1.807, 2.05) is 0 Å². The highest BCUT2D eigenvalue weighted by atomic mass is 35.7. The summed E-state index contributed by atoms with van der Waals surface area (Å²) in [5.41, 5.74) is -0.766. The molecule has 0 aliphatic heterocycles. The lowest BCUT2D eigenvalue weighted by atomic mass is 10.3. The van der Waals surface area contributed by atoms with E-state index in [1.165, 1.54) is 0 Å². The van der Waals surface area contributed by atoms with Crippen LogP contribution in [0.3, 0.4) is 0 Å². The molecule has 9 heteroatoms. The Labute approximate surface area is 92.9 Å². The maximum atomic E-state index is 12.2. The van der Waals surface area contributed by atoms with Gasteiger partial charge in [0.25, 0.3) is 15.5 Å². The van der Waals surface area contributed by atoms with Gasteiger partial charge < -0.3 is 5.11 Å². The molecule has 0 spiro atoms. The largest absolute Gasteiger partial charge is 0.504 e. The van der Waals surface area contributed by atoms with Crippen LogP contribution in [-0.4, -0.2) is 18.5 Å². The topological polar surface area (TPSA) is 67.3 Å². The van der Waals surface area contributed by atoms with Crippen LogP contribution >= 0.6 is 22.3 Å². The van der Waals surface area contributed by atoms with Crippen LogP contribution in [0.4, 0.5) is 8.78 Å². The number of hydrogen-bond acceptors (Lipinski definition) is 4. The molecule has 0 radical (unpaired) electrons. The number of alkyl halides is 2. The minimum absolute atomic E-state index is 0.544. The fourth-order valence-electron chi connectivity index (χ4n) is 0.807. The second-order valence-corrected chi connectivity index (χ2v) is 5.28. The first-order valence-electron chi connectivity index (χ1n) is 3.35. The van der Waals surface area contributed by atoms with Gasteiger partial charge in [-0.15, -0.1) is 0 Å². The van der Waals surface area contributed by atoms with Crippen LogP contribution in [0.1, 0.15) is 12.0 Å². The number of halogens is 4. The van der Waals surface area contributed by atoms with Gasteiger partial charge in [0.15, 0.2) is 5.75 Å². The van der Waals surface area contributed by atoms with Crippen LogP contribution in [0.15, 0.2) is 11.2 Å². The SMILES string of the molecule is O=S(=O)(Cl)c1ncc(C(F)F)c(Cl)c1O. The number of aromatic nitrogens is 1. The third-order valence-electron chi connectivity index (χ3n) is 1.45. The molecule has 0 atom stereocenters. The van der Waals surface area contributed by atoms with Crippen molar-refractivity contribution >= 4 is 31.3 Å². The molecule has 15 heavy (non-hydrogen) atoms. The van der Waals surface area contributed by atoms with Crippen LogP contribution in [0.25, 0.3) is 0 Å². The van der Waals surface area contributed by atoms with Crippen molar-refractivity contribution in [1.29, 1.82) is 0 Å². The predicted octanol–water partition coefficient (Wildman–Crippen LogP) is 2.31. The molecule has 0 saturated carbocycles. The number of hydrogen-bond donors (Lipinski definition) is 1. The third kappa shape index (κ3) is 2.47. The summed E-state index contributed by atoms with van der Waals surface area (Å²) in [7, 11) is 0.555. The lowest BCUT2D eigenvalue weighted by Crippen LogP contribution is -1.99. The zero-order valence-corrected chi connectivity index (χ0v) is 9.11. The molecule has 0 bridgehead atoms. The Bertz CT molecular complexity index is 491. The number of aromatic hydroxyl groups is 1. The average Bonchev–Trinajstić information content (AvgIpc) is 2.06. The summed E-state index contributed by atoms with van der Waals surface area (Å²) in [5, 5.41) is 7.45. The second kappa shape index (κ2) is 4.07. The maximum Gasteiger partial charge on any atom is 0.282 e. The summed E-state index contributed by atoms with van der Waals surface area (Å²) >= 11 is 5.31. The molecule has 0 aliphatic carbocycles. The van der Waals surface area contributed by atoms with Crippen LogP contribution in [0, 0.1) is 0 Å². The van der Waals surface area contributed by atoms with Gasteiger partial charge in [-0.05, 0) is 0 Å². The Kier molecular flexibility index (Phi) is 3.37. The van der Waals surface area contributed by atoms with E-state index < -0.39 is 36.8 Å². The van der Waals surface area contributed by atoms with Crippen molar-refractivity contribution in [2.45, 2.75) is 11.5 Å². The molecule has 0 aromatic carbocycles. The highest BCUT2D eigenvalue weighted by Gasteiger charge is 2.24. The van der Waals surface area contributed by atoms with Crippen LogP contribution in [0.5, 0.6) is 5.75 Å². The first kappa shape index (κ1) is 12.4. The third-order valence-corrected chi connectivity index (χ3v) is 3.05. The number of pyridine rings is 1. The van der Waals surface area contributed by atoms with Crippen molar-refractivity contribution in [2.24, 2.45) is 0 Å². The lowest BCUT2D eigenvalue weighted by Gasteiger charge is -2.06. The molecule has 0 saturated heterocycles. The number of nitrogens with zero attached hydrogens (tertiary/aromatic N) is 1. The van der Waals surface area contributed by atoms with Gasteiger partial charge in [-0.25, -0.2) is 22.2 Å². The van der Waals surface area contributed by atoms with Crippen molar-refractivity contribution < 1.29 is 22.3 Å². The minimum Gasteiger partial charge on any atom is -0.504 e. The van der Waals surface area contributed by atoms with E-state index in [4.69, 9.17) is 22.3 Å². The summed E-state index contributed by atoms with van der Waals surface area (Å²) in [5.74, 6) is -1.08. The summed E-state index contributed by atoms with van der Waals surface area (Å²) in [6.45, 7) is 0. The van der Waals surface area contributed by atoms with Crippen molar-refractivity contribution in [2.75, 3.05) is 0 Å². The molecule has 1 heterocycles. The molecular weight excluding hydrogens is 275 g/mol. The Morgan fingerprint density at radius 1 is 1.47 bits per heavy atom. The normalized spacial score (nSPS) is 12.1. The number of rotatable bonds is 2. The van der Waals surface area contributed by atoms with E-state index in [0.29, 0.717) is 6.20 Å². The van der Waals surface area contributed by atoms with Crippen molar-refractivity contribution in [3.8, 4) is 5.75 Å². The molecule has 1 N–H and O–H groups in total. The second-order valence-electron chi connectivity index (χ2n) is 2.42. The standard InChI is InChI=1S/C6H3Cl2F2NO3S/c7-3-2(5(9)10)1-11-6(4(3)12)15(8,13)14/h1,5,12H. The van der Waals surface area contributed by atoms with Gasteiger partial charge in [-0.2, -0.15) is 0 Å². The fraction of sp³-hybridized carbons (Fsp3) is 0.167. The Morgan fingerprint density at radius 3 is 2.40 bits per heavy atom. The smallest absolute Gasteiger partial charge is 0.282 e. The maximum absolute atomic E-state index is 12.2. The van der Waals surface area contributed by atoms with Gasteiger partial charge in [0.1, 0.15) is 0 Å². The van der Waals surface area contributed by atoms with Crippen molar-refractivity contribution in [3.63, 3.8) is 0 Å². The van der Waals surface area contributed by atoms with Gasteiger partial charge >= 0.3 is 0 Å². The van der Waals surface area contributed by atoms with E-state index in [9.17, 15) is 22.3 Å². The van der Waals surface area contributed by atoms with Gasteiger partial charge in [0, 0.05) is 16.9 Å². The quantitative estimate of drug-likeness (QED) is 0.843. The molecule has 84 valence electrons. The van der Waals surface area contributed by atoms with Crippen LogP contribution < -0.4 is 0 Å². The van der Waals surface area contributed by atoms with E-state index in [1.54, 1.807) is 0 Å². The molecule has 1 aromatic rings. The molecule has 4 nitrogen and oxygen atoms in total. The lowest BCUT2D eigenvalue weighted by molar-refractivity contribution is 0.150. The first-order valence-corrected chi connectivity index (χ1v) is 6.04. The molecule has 0 amide bonds. The van der Waals surface area contributed by atoms with Crippen LogP contribution in [0.2, 0.25) is 5.02 Å². The van der Waals surface area contributed by atoms with Gasteiger partial charge in [-0.1, -0.05) is 11.6 Å². The summed E-state index contributed by atoms with van der Waals surface area (Å²) in [4.78, 5) is 3.10. The van der Waals surface area contributed by atoms with Gasteiger partial charge in [0.2, 0.25) is 5.03 Å². The summed E-state index contributed by atoms with van der Waals surface area (Å²) in [6, 6.07) is 0. The zero-order chi connectivity index (χ0) is 11.8. The monoisotopic (exact) mass is 277 g/mol. The van der Waals surface area contributed by atoms with Gasteiger partial charge in [-0.3, -0.25) is 0 Å². The Morgan fingerprint density at radius 2 is 2.00 bits per heavy atom. The minimum atomic E-state index is -4.32. The molecule has 1 rings (SSSR count). The van der Waals surface area contributed by atoms with E-state index in [-0.39, 0.29) is 0 Å².